The summed E-state index contributed by atoms with van der Waals surface area (Å²) in [5.74, 6) is 0. The maximum atomic E-state index is 9.31. The molecule has 3 aromatic rings. The van der Waals surface area contributed by atoms with Crippen LogP contribution in [0.4, 0.5) is 0 Å². The predicted molar refractivity (Wildman–Crippen MR) is 100 cm³/mol. The molecule has 0 atom stereocenters. The summed E-state index contributed by atoms with van der Waals surface area (Å²) < 4.78 is 2.83. The molecule has 0 aliphatic carbocycles. The fraction of sp³-hybridized carbons (Fsp3) is 0.143. The molecule has 0 aromatic heterocycles. The van der Waals surface area contributed by atoms with Gasteiger partial charge >= 0.3 is 21.2 Å². The minimum atomic E-state index is -1.52. The molecular formula is C21H18IN2Si+. The summed E-state index contributed by atoms with van der Waals surface area (Å²) in [4.78, 5) is 0. The lowest BCUT2D eigenvalue weighted by atomic mass is 10.0. The molecule has 0 aliphatic rings. The first-order chi connectivity index (χ1) is 11.9. The van der Waals surface area contributed by atoms with E-state index in [9.17, 15) is 10.5 Å². The van der Waals surface area contributed by atoms with Crippen LogP contribution in [0.5, 0.6) is 0 Å². The van der Waals surface area contributed by atoms with Crippen molar-refractivity contribution in [1.82, 2.24) is 0 Å². The van der Waals surface area contributed by atoms with E-state index in [1.54, 1.807) is 0 Å². The molecule has 0 spiro atoms. The molecule has 3 aromatic carbocycles. The van der Waals surface area contributed by atoms with Crippen molar-refractivity contribution >= 4 is 24.0 Å². The highest BCUT2D eigenvalue weighted by Gasteiger charge is 2.29. The summed E-state index contributed by atoms with van der Waals surface area (Å²) in [6.45, 7) is 7.09. The van der Waals surface area contributed by atoms with Crippen molar-refractivity contribution in [3.63, 3.8) is 0 Å². The quantitative estimate of drug-likeness (QED) is 0.443. The highest BCUT2D eigenvalue weighted by atomic mass is 127. The van der Waals surface area contributed by atoms with Crippen molar-refractivity contribution < 1.29 is 21.2 Å². The van der Waals surface area contributed by atoms with Gasteiger partial charge in [-0.15, -0.1) is 0 Å². The van der Waals surface area contributed by atoms with Crippen LogP contribution in [0.15, 0.2) is 54.6 Å². The third kappa shape index (κ3) is 3.76. The normalized spacial score (nSPS) is 11.1. The van der Waals surface area contributed by atoms with Crippen LogP contribution in [0.3, 0.4) is 0 Å². The molecule has 3 rings (SSSR count). The Morgan fingerprint density at radius 3 is 1.88 bits per heavy atom. The van der Waals surface area contributed by atoms with Gasteiger partial charge in [-0.3, -0.25) is 0 Å². The van der Waals surface area contributed by atoms with Gasteiger partial charge in [0.15, 0.2) is 7.14 Å². The van der Waals surface area contributed by atoms with Gasteiger partial charge in [0.1, 0.15) is 12.1 Å². The lowest BCUT2D eigenvalue weighted by molar-refractivity contribution is -0.595. The number of benzene rings is 3. The van der Waals surface area contributed by atoms with E-state index in [0.29, 0.717) is 11.1 Å². The van der Waals surface area contributed by atoms with Crippen LogP contribution in [-0.2, 0) is 0 Å². The smallest absolute Gasteiger partial charge is 0.192 e. The molecule has 0 saturated carbocycles. The third-order valence-corrected chi connectivity index (χ3v) is 9.41. The lowest BCUT2D eigenvalue weighted by Gasteiger charge is -2.17. The Labute approximate surface area is 160 Å². The molecule has 2 nitrogen and oxygen atoms in total. The van der Waals surface area contributed by atoms with Crippen LogP contribution in [-0.4, -0.2) is 8.07 Å². The number of nitriles is 2. The maximum absolute atomic E-state index is 9.31. The number of fused-ring (bicyclic) bond motifs is 1. The summed E-state index contributed by atoms with van der Waals surface area (Å²) in [6.07, 6.45) is 0. The Morgan fingerprint density at radius 1 is 0.800 bits per heavy atom. The summed E-state index contributed by atoms with van der Waals surface area (Å²) in [5, 5.41) is 22.2. The molecule has 0 bridgehead atoms. The topological polar surface area (TPSA) is 47.6 Å². The Kier molecular flexibility index (Phi) is 4.94. The average Bonchev–Trinajstić information content (AvgIpc) is 2.60. The van der Waals surface area contributed by atoms with E-state index in [1.807, 2.05) is 12.1 Å². The van der Waals surface area contributed by atoms with E-state index in [0.717, 1.165) is 10.8 Å². The van der Waals surface area contributed by atoms with Crippen LogP contribution >= 0.6 is 0 Å². The number of hydrogen-bond acceptors (Lipinski definition) is 2. The largest absolute Gasteiger partial charge is 0.357 e. The number of rotatable bonds is 3. The first kappa shape index (κ1) is 17.7. The van der Waals surface area contributed by atoms with Gasteiger partial charge in [-0.1, -0.05) is 43.9 Å². The van der Waals surface area contributed by atoms with E-state index in [4.69, 9.17) is 0 Å². The molecule has 0 N–H and O–H groups in total. The van der Waals surface area contributed by atoms with Crippen LogP contribution in [0.1, 0.15) is 11.1 Å². The van der Waals surface area contributed by atoms with Crippen LogP contribution in [0, 0.1) is 29.8 Å². The number of nitrogens with zero attached hydrogens (tertiary/aromatic N) is 2. The Bertz CT molecular complexity index is 1020. The standard InChI is InChI=1S/C21H18IN2Si/c1-25(2,3)21-12-16-10-18(14-24)17(13-23)9-15(16)11-20(21)22-19-7-5-4-6-8-19/h4-12H,1-3H3/q+1. The predicted octanol–water partition coefficient (Wildman–Crippen LogP) is 1.26. The molecule has 0 unspecified atom stereocenters. The summed E-state index contributed by atoms with van der Waals surface area (Å²) in [5.41, 5.74) is 0.918. The Hall–Kier alpha value is -2.15. The molecule has 0 radical (unpaired) electrons. The number of hydrogen-bond donors (Lipinski definition) is 0. The van der Waals surface area contributed by atoms with Gasteiger partial charge in [-0.2, -0.15) is 10.5 Å². The zero-order valence-corrected chi connectivity index (χ0v) is 17.6. The van der Waals surface area contributed by atoms with Gasteiger partial charge in [0, 0.05) is 0 Å². The van der Waals surface area contributed by atoms with Crippen LogP contribution in [0.25, 0.3) is 10.8 Å². The Balaban J connectivity index is 2.24. The molecule has 0 aliphatic heterocycles. The second-order valence-electron chi connectivity index (χ2n) is 6.94. The van der Waals surface area contributed by atoms with Crippen LogP contribution < -0.4 is 26.4 Å². The molecule has 4 heteroatoms. The van der Waals surface area contributed by atoms with E-state index >= 15 is 0 Å². The highest BCUT2D eigenvalue weighted by molar-refractivity contribution is 6.88. The first-order valence-electron chi connectivity index (χ1n) is 8.05. The van der Waals surface area contributed by atoms with Gasteiger partial charge in [-0.05, 0) is 46.3 Å². The first-order valence-corrected chi connectivity index (χ1v) is 13.7. The maximum Gasteiger partial charge on any atom is 0.357 e. The van der Waals surface area contributed by atoms with Crippen molar-refractivity contribution in [3.8, 4) is 12.1 Å². The van der Waals surface area contributed by atoms with E-state index in [-0.39, 0.29) is 21.2 Å². The van der Waals surface area contributed by atoms with Crippen molar-refractivity contribution in [2.75, 3.05) is 0 Å². The fourth-order valence-electron chi connectivity index (χ4n) is 2.76. The summed E-state index contributed by atoms with van der Waals surface area (Å²) >= 11 is -0.273. The zero-order chi connectivity index (χ0) is 18.0. The molecule has 0 amide bonds. The SMILES string of the molecule is C[Si](C)(C)c1cc2cc(C#N)c(C#N)cc2cc1[I+]c1ccccc1. The minimum Gasteiger partial charge on any atom is -0.192 e. The van der Waals surface area contributed by atoms with E-state index in [2.05, 4.69) is 74.2 Å². The Morgan fingerprint density at radius 2 is 1.36 bits per heavy atom. The zero-order valence-electron chi connectivity index (χ0n) is 14.5. The molecule has 0 fully saturated rings. The van der Waals surface area contributed by atoms with Gasteiger partial charge < -0.3 is 0 Å². The second kappa shape index (κ2) is 6.99. The van der Waals surface area contributed by atoms with Crippen molar-refractivity contribution in [1.29, 1.82) is 10.5 Å². The van der Waals surface area contributed by atoms with Crippen molar-refractivity contribution in [2.45, 2.75) is 19.6 Å². The van der Waals surface area contributed by atoms with Gasteiger partial charge in [0.25, 0.3) is 0 Å². The fourth-order valence-corrected chi connectivity index (χ4v) is 9.26. The van der Waals surface area contributed by atoms with Crippen molar-refractivity contribution in [3.05, 3.63) is 72.9 Å². The average molecular weight is 453 g/mol. The van der Waals surface area contributed by atoms with Gasteiger partial charge in [-0.25, -0.2) is 0 Å². The van der Waals surface area contributed by atoms with E-state index < -0.39 is 8.07 Å². The van der Waals surface area contributed by atoms with E-state index in [1.165, 1.54) is 12.3 Å². The summed E-state index contributed by atoms with van der Waals surface area (Å²) in [7, 11) is -1.52. The minimum absolute atomic E-state index is 0.273. The third-order valence-electron chi connectivity index (χ3n) is 4.06. The molecule has 0 saturated heterocycles. The van der Waals surface area contributed by atoms with Crippen LogP contribution in [0.2, 0.25) is 19.6 Å². The lowest BCUT2D eigenvalue weighted by Crippen LogP contribution is -3.62. The number of halogens is 1. The second-order valence-corrected chi connectivity index (χ2v) is 14.9. The van der Waals surface area contributed by atoms with Crippen molar-refractivity contribution in [2.24, 2.45) is 0 Å². The van der Waals surface area contributed by atoms with Gasteiger partial charge in [0.05, 0.1) is 19.2 Å². The molecule has 122 valence electrons. The molecule has 0 heterocycles. The highest BCUT2D eigenvalue weighted by Crippen LogP contribution is 2.20. The molecular weight excluding hydrogens is 435 g/mol. The van der Waals surface area contributed by atoms with Gasteiger partial charge in [0.2, 0.25) is 0 Å². The molecule has 25 heavy (non-hydrogen) atoms. The summed E-state index contributed by atoms with van der Waals surface area (Å²) in [6, 6.07) is 23.2. The monoisotopic (exact) mass is 453 g/mol.